The summed E-state index contributed by atoms with van der Waals surface area (Å²) in [4.78, 5) is 9.47. The molecule has 1 aliphatic heterocycles. The Bertz CT molecular complexity index is 698. The Labute approximate surface area is 142 Å². The number of hydrogen-bond donors (Lipinski definition) is 0. The maximum Gasteiger partial charge on any atom is 0.416 e. The molecular formula is C17H17F4N3O. The molecule has 0 bridgehead atoms. The van der Waals surface area contributed by atoms with E-state index >= 15 is 0 Å². The van der Waals surface area contributed by atoms with Gasteiger partial charge in [-0.15, -0.1) is 0 Å². The summed E-state index contributed by atoms with van der Waals surface area (Å²) in [6.07, 6.45) is -1.11. The molecule has 0 radical (unpaired) electrons. The summed E-state index contributed by atoms with van der Waals surface area (Å²) >= 11 is 0. The van der Waals surface area contributed by atoms with E-state index in [1.54, 1.807) is 6.07 Å². The van der Waals surface area contributed by atoms with Crippen molar-refractivity contribution in [2.45, 2.75) is 31.7 Å². The van der Waals surface area contributed by atoms with E-state index in [4.69, 9.17) is 4.74 Å². The van der Waals surface area contributed by atoms with Crippen LogP contribution in [0.1, 0.15) is 24.0 Å². The second-order valence-corrected chi connectivity index (χ2v) is 5.93. The molecule has 25 heavy (non-hydrogen) atoms. The number of aromatic nitrogens is 2. The van der Waals surface area contributed by atoms with Gasteiger partial charge in [0, 0.05) is 19.6 Å². The fourth-order valence-corrected chi connectivity index (χ4v) is 2.87. The standard InChI is InChI=1S/C17H17F4N3O/c18-13-9-22-16(23-10-13)25-14-5-7-24(8-6-14)11-12-3-1-2-4-15(12)17(19,20)21/h1-4,9-10,14H,5-8,11H2. The van der Waals surface area contributed by atoms with Gasteiger partial charge in [0.15, 0.2) is 5.82 Å². The second kappa shape index (κ2) is 7.35. The molecule has 8 heteroatoms. The molecule has 1 fully saturated rings. The Balaban J connectivity index is 1.56. The van der Waals surface area contributed by atoms with Gasteiger partial charge in [-0.3, -0.25) is 4.90 Å². The lowest BCUT2D eigenvalue weighted by Gasteiger charge is -2.32. The average Bonchev–Trinajstić information content (AvgIpc) is 2.58. The Kier molecular flexibility index (Phi) is 5.17. The number of rotatable bonds is 4. The van der Waals surface area contributed by atoms with Crippen molar-refractivity contribution in [2.24, 2.45) is 0 Å². The van der Waals surface area contributed by atoms with Crippen LogP contribution in [0.5, 0.6) is 6.01 Å². The van der Waals surface area contributed by atoms with Crippen LogP contribution in [0.15, 0.2) is 36.7 Å². The summed E-state index contributed by atoms with van der Waals surface area (Å²) in [6, 6.07) is 5.75. The highest BCUT2D eigenvalue weighted by atomic mass is 19.4. The van der Waals surface area contributed by atoms with Crippen molar-refractivity contribution in [3.63, 3.8) is 0 Å². The number of nitrogens with zero attached hydrogens (tertiary/aromatic N) is 3. The normalized spacial score (nSPS) is 16.8. The Morgan fingerprint density at radius 3 is 2.36 bits per heavy atom. The van der Waals surface area contributed by atoms with E-state index in [1.165, 1.54) is 12.1 Å². The predicted molar refractivity (Wildman–Crippen MR) is 82.4 cm³/mol. The Hall–Kier alpha value is -2.22. The van der Waals surface area contributed by atoms with Crippen LogP contribution < -0.4 is 4.74 Å². The minimum Gasteiger partial charge on any atom is -0.460 e. The smallest absolute Gasteiger partial charge is 0.416 e. The third kappa shape index (κ3) is 4.66. The van der Waals surface area contributed by atoms with Gasteiger partial charge in [-0.1, -0.05) is 18.2 Å². The van der Waals surface area contributed by atoms with Crippen molar-refractivity contribution in [3.05, 3.63) is 53.6 Å². The molecule has 0 N–H and O–H groups in total. The molecule has 1 aliphatic rings. The zero-order valence-corrected chi connectivity index (χ0v) is 13.3. The first kappa shape index (κ1) is 17.6. The lowest BCUT2D eigenvalue weighted by Crippen LogP contribution is -2.38. The highest BCUT2D eigenvalue weighted by Crippen LogP contribution is 2.32. The molecule has 0 unspecified atom stereocenters. The van der Waals surface area contributed by atoms with E-state index in [0.717, 1.165) is 18.5 Å². The molecule has 0 saturated carbocycles. The van der Waals surface area contributed by atoms with Crippen LogP contribution in [0.25, 0.3) is 0 Å². The highest BCUT2D eigenvalue weighted by Gasteiger charge is 2.33. The lowest BCUT2D eigenvalue weighted by atomic mass is 10.0. The monoisotopic (exact) mass is 355 g/mol. The lowest BCUT2D eigenvalue weighted by molar-refractivity contribution is -0.138. The molecule has 1 saturated heterocycles. The van der Waals surface area contributed by atoms with Gasteiger partial charge in [-0.05, 0) is 24.5 Å². The van der Waals surface area contributed by atoms with Crippen molar-refractivity contribution in [2.75, 3.05) is 13.1 Å². The van der Waals surface area contributed by atoms with Crippen LogP contribution in [0.3, 0.4) is 0 Å². The topological polar surface area (TPSA) is 38.2 Å². The maximum atomic E-state index is 13.1. The molecule has 2 heterocycles. The molecule has 134 valence electrons. The van der Waals surface area contributed by atoms with Gasteiger partial charge < -0.3 is 4.74 Å². The molecule has 0 atom stereocenters. The van der Waals surface area contributed by atoms with Crippen molar-refractivity contribution < 1.29 is 22.3 Å². The molecule has 0 aliphatic carbocycles. The van der Waals surface area contributed by atoms with E-state index in [2.05, 4.69) is 9.97 Å². The van der Waals surface area contributed by atoms with E-state index in [-0.39, 0.29) is 24.2 Å². The first-order valence-electron chi connectivity index (χ1n) is 7.93. The van der Waals surface area contributed by atoms with Crippen LogP contribution >= 0.6 is 0 Å². The quantitative estimate of drug-likeness (QED) is 0.785. The molecule has 0 spiro atoms. The van der Waals surface area contributed by atoms with Crippen LogP contribution in [-0.2, 0) is 12.7 Å². The number of benzene rings is 1. The molecule has 3 rings (SSSR count). The number of piperidine rings is 1. The Morgan fingerprint density at radius 2 is 1.72 bits per heavy atom. The minimum atomic E-state index is -4.35. The van der Waals surface area contributed by atoms with Gasteiger partial charge in [0.2, 0.25) is 0 Å². The van der Waals surface area contributed by atoms with Crippen LogP contribution in [0, 0.1) is 5.82 Å². The fourth-order valence-electron chi connectivity index (χ4n) is 2.87. The SMILES string of the molecule is Fc1cnc(OC2CCN(Cc3ccccc3C(F)(F)F)CC2)nc1. The van der Waals surface area contributed by atoms with E-state index in [9.17, 15) is 17.6 Å². The largest absolute Gasteiger partial charge is 0.460 e. The predicted octanol–water partition coefficient (Wildman–Crippen LogP) is 3.68. The molecule has 1 aromatic heterocycles. The summed E-state index contributed by atoms with van der Waals surface area (Å²) in [5, 5.41) is 0. The zero-order chi connectivity index (χ0) is 17.9. The van der Waals surface area contributed by atoms with Crippen LogP contribution in [0.4, 0.5) is 17.6 Å². The zero-order valence-electron chi connectivity index (χ0n) is 13.3. The molecule has 2 aromatic rings. The van der Waals surface area contributed by atoms with E-state index < -0.39 is 17.6 Å². The Morgan fingerprint density at radius 1 is 1.08 bits per heavy atom. The fraction of sp³-hybridized carbons (Fsp3) is 0.412. The van der Waals surface area contributed by atoms with E-state index in [1.807, 2.05) is 4.90 Å². The van der Waals surface area contributed by atoms with Gasteiger partial charge >= 0.3 is 12.2 Å². The van der Waals surface area contributed by atoms with Crippen molar-refractivity contribution in [1.82, 2.24) is 14.9 Å². The minimum absolute atomic E-state index is 0.113. The number of ether oxygens (including phenoxy) is 1. The van der Waals surface area contributed by atoms with Gasteiger partial charge in [0.1, 0.15) is 6.10 Å². The van der Waals surface area contributed by atoms with Crippen molar-refractivity contribution in [1.29, 1.82) is 0 Å². The third-order valence-corrected chi connectivity index (χ3v) is 4.12. The first-order chi connectivity index (χ1) is 11.9. The van der Waals surface area contributed by atoms with Gasteiger partial charge in [-0.2, -0.15) is 13.2 Å². The summed E-state index contributed by atoms with van der Waals surface area (Å²) in [5.74, 6) is -0.537. The average molecular weight is 355 g/mol. The van der Waals surface area contributed by atoms with Crippen molar-refractivity contribution in [3.8, 4) is 6.01 Å². The molecule has 0 amide bonds. The van der Waals surface area contributed by atoms with Crippen molar-refractivity contribution >= 4 is 0 Å². The van der Waals surface area contributed by atoms with Crippen LogP contribution in [-0.4, -0.2) is 34.1 Å². The summed E-state index contributed by atoms with van der Waals surface area (Å²) < 4.78 is 57.5. The summed E-state index contributed by atoms with van der Waals surface area (Å²) in [6.45, 7) is 1.46. The van der Waals surface area contributed by atoms with Gasteiger partial charge in [0.25, 0.3) is 0 Å². The van der Waals surface area contributed by atoms with Gasteiger partial charge in [0.05, 0.1) is 18.0 Å². The van der Waals surface area contributed by atoms with Gasteiger partial charge in [-0.25, -0.2) is 14.4 Å². The molecular weight excluding hydrogens is 338 g/mol. The molecule has 1 aromatic carbocycles. The number of halogens is 4. The summed E-state index contributed by atoms with van der Waals surface area (Å²) in [7, 11) is 0. The van der Waals surface area contributed by atoms with Crippen LogP contribution in [0.2, 0.25) is 0 Å². The number of alkyl halides is 3. The third-order valence-electron chi connectivity index (χ3n) is 4.12. The summed E-state index contributed by atoms with van der Waals surface area (Å²) in [5.41, 5.74) is -0.315. The maximum absolute atomic E-state index is 13.1. The molecule has 4 nitrogen and oxygen atoms in total. The number of likely N-dealkylation sites (tertiary alicyclic amines) is 1. The number of hydrogen-bond acceptors (Lipinski definition) is 4. The second-order valence-electron chi connectivity index (χ2n) is 5.93. The first-order valence-corrected chi connectivity index (χ1v) is 7.93. The highest BCUT2D eigenvalue weighted by molar-refractivity contribution is 5.29. The van der Waals surface area contributed by atoms with E-state index in [0.29, 0.717) is 25.9 Å².